The summed E-state index contributed by atoms with van der Waals surface area (Å²) < 4.78 is 5.49. The van der Waals surface area contributed by atoms with Gasteiger partial charge in [-0.05, 0) is 49.0 Å². The first-order chi connectivity index (χ1) is 18.1. The second kappa shape index (κ2) is 11.6. The van der Waals surface area contributed by atoms with Crippen LogP contribution in [0.5, 0.6) is 0 Å². The van der Waals surface area contributed by atoms with Crippen molar-refractivity contribution in [3.63, 3.8) is 0 Å². The molecule has 0 aromatic heterocycles. The highest BCUT2D eigenvalue weighted by Crippen LogP contribution is 2.44. The quantitative estimate of drug-likeness (QED) is 0.548. The van der Waals surface area contributed by atoms with E-state index in [4.69, 9.17) is 9.73 Å². The lowest BCUT2D eigenvalue weighted by Gasteiger charge is -2.30. The highest BCUT2D eigenvalue weighted by Gasteiger charge is 2.38. The first-order valence-corrected chi connectivity index (χ1v) is 14.2. The number of nitrogens with one attached hydrogen (secondary N) is 1. The van der Waals surface area contributed by atoms with Crippen LogP contribution in [0, 0.1) is 11.3 Å². The maximum absolute atomic E-state index is 13.9. The summed E-state index contributed by atoms with van der Waals surface area (Å²) >= 11 is 3.18. The number of para-hydroxylation sites is 1. The minimum absolute atomic E-state index is 0.0136. The third-order valence-corrected chi connectivity index (χ3v) is 8.76. The van der Waals surface area contributed by atoms with Gasteiger partial charge in [-0.15, -0.1) is 11.8 Å². The number of thioether (sulfide) groups is 2. The van der Waals surface area contributed by atoms with Crippen LogP contribution in [0.25, 0.3) is 0 Å². The van der Waals surface area contributed by atoms with E-state index in [1.54, 1.807) is 28.8 Å². The molecule has 2 fully saturated rings. The number of rotatable bonds is 6. The summed E-state index contributed by atoms with van der Waals surface area (Å²) in [7, 11) is 2.03. The molecule has 1 amide bonds. The van der Waals surface area contributed by atoms with E-state index < -0.39 is 0 Å². The van der Waals surface area contributed by atoms with Gasteiger partial charge in [0.2, 0.25) is 0 Å². The van der Waals surface area contributed by atoms with E-state index in [1.165, 1.54) is 16.7 Å². The fourth-order valence-electron chi connectivity index (χ4n) is 4.53. The molecule has 0 aliphatic carbocycles. The molecule has 3 aliphatic heterocycles. The number of fused-ring (bicyclic) bond motifs is 1. The molecule has 37 heavy (non-hydrogen) atoms. The van der Waals surface area contributed by atoms with Crippen LogP contribution in [0.3, 0.4) is 0 Å². The maximum atomic E-state index is 13.9. The monoisotopic (exact) mass is 534 g/mol. The van der Waals surface area contributed by atoms with E-state index in [-0.39, 0.29) is 5.91 Å². The Hall–Kier alpha value is -2.97. The number of carbonyl (C=O) groups is 1. The standard InChI is InChI=1S/C27H30N6O2S2/c1-3-29-20-9-8-19(17-28)16-21(20)30-27-33(11-10-32-12-14-35-15-13-32)26(34)25(37-27)23-18-36-24-7-5-4-6-22(24)31(23)2/h4-9,16,29H,3,10-15,18H2,1-2H3/b25-23+,30-27?. The van der Waals surface area contributed by atoms with Crippen molar-refractivity contribution in [1.29, 1.82) is 5.26 Å². The second-order valence-corrected chi connectivity index (χ2v) is 10.9. The lowest BCUT2D eigenvalue weighted by Crippen LogP contribution is -2.42. The van der Waals surface area contributed by atoms with E-state index in [0.29, 0.717) is 41.1 Å². The van der Waals surface area contributed by atoms with Crippen molar-refractivity contribution in [3.8, 4) is 6.07 Å². The Labute approximate surface area is 226 Å². The van der Waals surface area contributed by atoms with Gasteiger partial charge in [0.05, 0.1) is 41.9 Å². The van der Waals surface area contributed by atoms with Gasteiger partial charge in [0.1, 0.15) is 4.91 Å². The molecule has 10 heteroatoms. The average molecular weight is 535 g/mol. The molecule has 2 aromatic carbocycles. The Kier molecular flexibility index (Phi) is 8.05. The largest absolute Gasteiger partial charge is 0.384 e. The predicted molar refractivity (Wildman–Crippen MR) is 152 cm³/mol. The number of benzene rings is 2. The van der Waals surface area contributed by atoms with Gasteiger partial charge in [-0.1, -0.05) is 12.1 Å². The molecule has 0 spiro atoms. The van der Waals surface area contributed by atoms with Crippen LogP contribution in [0.1, 0.15) is 12.5 Å². The van der Waals surface area contributed by atoms with E-state index in [0.717, 1.165) is 49.0 Å². The van der Waals surface area contributed by atoms with E-state index in [2.05, 4.69) is 33.3 Å². The van der Waals surface area contributed by atoms with Gasteiger partial charge in [0.25, 0.3) is 5.91 Å². The number of nitriles is 1. The van der Waals surface area contributed by atoms with Crippen molar-refractivity contribution in [1.82, 2.24) is 9.80 Å². The van der Waals surface area contributed by atoms with Crippen LogP contribution in [0.2, 0.25) is 0 Å². The molecule has 8 nitrogen and oxygen atoms in total. The molecule has 3 heterocycles. The van der Waals surface area contributed by atoms with Crippen molar-refractivity contribution in [2.45, 2.75) is 11.8 Å². The van der Waals surface area contributed by atoms with Crippen molar-refractivity contribution < 1.29 is 9.53 Å². The zero-order valence-corrected chi connectivity index (χ0v) is 22.7. The number of morpholine rings is 1. The summed E-state index contributed by atoms with van der Waals surface area (Å²) in [6, 6.07) is 15.9. The number of amidine groups is 1. The summed E-state index contributed by atoms with van der Waals surface area (Å²) in [4.78, 5) is 27.0. The lowest BCUT2D eigenvalue weighted by atomic mass is 10.2. The van der Waals surface area contributed by atoms with E-state index >= 15 is 0 Å². The minimum atomic E-state index is -0.0136. The number of aliphatic imine (C=N–C) groups is 1. The maximum Gasteiger partial charge on any atom is 0.268 e. The molecular formula is C27H30N6O2S2. The fourth-order valence-corrected chi connectivity index (χ4v) is 6.91. The van der Waals surface area contributed by atoms with E-state index in [1.807, 2.05) is 32.2 Å². The average Bonchev–Trinajstić information content (AvgIpc) is 3.23. The summed E-state index contributed by atoms with van der Waals surface area (Å²) in [6.07, 6.45) is 0. The molecule has 0 saturated carbocycles. The van der Waals surface area contributed by atoms with Crippen LogP contribution in [0.15, 0.2) is 63.0 Å². The van der Waals surface area contributed by atoms with Gasteiger partial charge in [-0.2, -0.15) is 5.26 Å². The first-order valence-electron chi connectivity index (χ1n) is 12.4. The fraction of sp³-hybridized carbons (Fsp3) is 0.370. The summed E-state index contributed by atoms with van der Waals surface area (Å²) in [5, 5.41) is 13.4. The Bertz CT molecular complexity index is 1280. The summed E-state index contributed by atoms with van der Waals surface area (Å²) in [5.74, 6) is 0.707. The van der Waals surface area contributed by atoms with Crippen LogP contribution in [-0.2, 0) is 9.53 Å². The number of amides is 1. The minimum Gasteiger partial charge on any atom is -0.384 e. The summed E-state index contributed by atoms with van der Waals surface area (Å²) in [5.41, 5.74) is 4.15. The Morgan fingerprint density at radius 1 is 1.16 bits per heavy atom. The Balaban J connectivity index is 1.51. The number of hydrogen-bond donors (Lipinski definition) is 1. The Morgan fingerprint density at radius 3 is 2.76 bits per heavy atom. The number of carbonyl (C=O) groups excluding carboxylic acids is 1. The number of hydrogen-bond acceptors (Lipinski definition) is 9. The normalized spacial score (nSPS) is 21.3. The molecule has 1 N–H and O–H groups in total. The lowest BCUT2D eigenvalue weighted by molar-refractivity contribution is -0.122. The van der Waals surface area contributed by atoms with Crippen LogP contribution >= 0.6 is 23.5 Å². The molecular weight excluding hydrogens is 504 g/mol. The molecule has 2 saturated heterocycles. The Morgan fingerprint density at radius 2 is 1.97 bits per heavy atom. The van der Waals surface area contributed by atoms with Crippen molar-refractivity contribution in [3.05, 3.63) is 58.6 Å². The highest BCUT2D eigenvalue weighted by molar-refractivity contribution is 8.18. The molecule has 192 valence electrons. The van der Waals surface area contributed by atoms with Crippen molar-refractivity contribution in [2.75, 3.05) is 69.0 Å². The topological polar surface area (TPSA) is 84.2 Å². The van der Waals surface area contributed by atoms with Gasteiger partial charge in [-0.25, -0.2) is 4.99 Å². The molecule has 3 aliphatic rings. The predicted octanol–water partition coefficient (Wildman–Crippen LogP) is 4.34. The molecule has 0 radical (unpaired) electrons. The number of anilines is 2. The third kappa shape index (κ3) is 5.50. The smallest absolute Gasteiger partial charge is 0.268 e. The number of ether oxygens (including phenoxy) is 1. The van der Waals surface area contributed by atoms with Gasteiger partial charge in [0.15, 0.2) is 5.17 Å². The second-order valence-electron chi connectivity index (χ2n) is 8.87. The zero-order valence-electron chi connectivity index (χ0n) is 21.1. The molecule has 0 atom stereocenters. The first kappa shape index (κ1) is 25.7. The number of nitrogens with zero attached hydrogens (tertiary/aromatic N) is 5. The SMILES string of the molecule is CCNc1ccc(C#N)cc1N=C1S/C(=C2\CSc3ccccc3N2C)C(=O)N1CCN1CCOCC1. The van der Waals surface area contributed by atoms with Gasteiger partial charge in [-0.3, -0.25) is 14.6 Å². The summed E-state index contributed by atoms with van der Waals surface area (Å²) in [6.45, 7) is 7.20. The van der Waals surface area contributed by atoms with Crippen LogP contribution < -0.4 is 10.2 Å². The third-order valence-electron chi connectivity index (χ3n) is 6.58. The van der Waals surface area contributed by atoms with Gasteiger partial charge < -0.3 is 15.0 Å². The zero-order chi connectivity index (χ0) is 25.8. The molecule has 5 rings (SSSR count). The van der Waals surface area contributed by atoms with Crippen LogP contribution in [0.4, 0.5) is 17.1 Å². The highest BCUT2D eigenvalue weighted by atomic mass is 32.2. The van der Waals surface area contributed by atoms with Crippen LogP contribution in [-0.4, -0.2) is 79.6 Å². The van der Waals surface area contributed by atoms with Crippen molar-refractivity contribution >= 4 is 51.7 Å². The molecule has 0 bridgehead atoms. The van der Waals surface area contributed by atoms with Gasteiger partial charge >= 0.3 is 0 Å². The molecule has 0 unspecified atom stereocenters. The molecule has 2 aromatic rings. The van der Waals surface area contributed by atoms with Gasteiger partial charge in [0, 0.05) is 56.1 Å². The van der Waals surface area contributed by atoms with E-state index in [9.17, 15) is 10.1 Å². The van der Waals surface area contributed by atoms with Crippen molar-refractivity contribution in [2.24, 2.45) is 4.99 Å².